The van der Waals surface area contributed by atoms with Gasteiger partial charge >= 0.3 is 6.18 Å². The third kappa shape index (κ3) is 5.86. The average Bonchev–Trinajstić information content (AvgIpc) is 3.51. The van der Waals surface area contributed by atoms with E-state index < -0.39 is 11.7 Å². The number of nitrogens with one attached hydrogen (secondary N) is 1. The number of hydrogen-bond acceptors (Lipinski definition) is 5. The molecule has 1 saturated heterocycles. The van der Waals surface area contributed by atoms with E-state index in [-0.39, 0.29) is 22.7 Å². The lowest BCUT2D eigenvalue weighted by Gasteiger charge is -2.32. The maximum absolute atomic E-state index is 13.9. The summed E-state index contributed by atoms with van der Waals surface area (Å²) in [5.74, 6) is 0.521. The number of aromatic nitrogens is 3. The van der Waals surface area contributed by atoms with Gasteiger partial charge in [0.2, 0.25) is 5.95 Å². The zero-order valence-electron chi connectivity index (χ0n) is 22.9. The third-order valence-corrected chi connectivity index (χ3v) is 8.46. The van der Waals surface area contributed by atoms with Crippen molar-refractivity contribution in [3.8, 4) is 11.1 Å². The first kappa shape index (κ1) is 27.4. The second-order valence-electron chi connectivity index (χ2n) is 11.1. The number of hydrogen-bond donors (Lipinski definition) is 1. The van der Waals surface area contributed by atoms with Crippen molar-refractivity contribution in [2.24, 2.45) is 0 Å². The van der Waals surface area contributed by atoms with Crippen molar-refractivity contribution in [1.82, 2.24) is 19.9 Å². The molecule has 41 heavy (non-hydrogen) atoms. The van der Waals surface area contributed by atoms with E-state index in [1.165, 1.54) is 23.8 Å². The fraction of sp³-hybridized carbons (Fsp3) is 0.406. The Morgan fingerprint density at radius 1 is 0.902 bits per heavy atom. The SMILES string of the molecule is O=c1cc(-c2ccccc2C(F)(F)F)c2cnc(N3CCC(NCCc4ccccc4)CC3)nc2n1C1CCCC1. The van der Waals surface area contributed by atoms with Gasteiger partial charge in [0.1, 0.15) is 5.65 Å². The van der Waals surface area contributed by atoms with Crippen molar-refractivity contribution in [2.75, 3.05) is 24.5 Å². The topological polar surface area (TPSA) is 63.1 Å². The van der Waals surface area contributed by atoms with Gasteiger partial charge in [-0.25, -0.2) is 4.98 Å². The Kier molecular flexibility index (Phi) is 7.79. The summed E-state index contributed by atoms with van der Waals surface area (Å²) in [6, 6.07) is 17.5. The molecule has 0 amide bonds. The minimum atomic E-state index is -4.55. The number of anilines is 1. The van der Waals surface area contributed by atoms with Crippen molar-refractivity contribution in [1.29, 1.82) is 0 Å². The normalized spacial score (nSPS) is 17.0. The number of piperidine rings is 1. The van der Waals surface area contributed by atoms with Crippen LogP contribution in [0.1, 0.15) is 55.7 Å². The molecule has 0 radical (unpaired) electrons. The number of fused-ring (bicyclic) bond motifs is 1. The van der Waals surface area contributed by atoms with Crippen molar-refractivity contribution >= 4 is 17.0 Å². The van der Waals surface area contributed by atoms with E-state index in [0.29, 0.717) is 23.0 Å². The molecule has 1 aliphatic carbocycles. The molecule has 0 atom stereocenters. The molecule has 0 spiro atoms. The number of alkyl halides is 3. The van der Waals surface area contributed by atoms with Crippen LogP contribution in [0.2, 0.25) is 0 Å². The highest BCUT2D eigenvalue weighted by atomic mass is 19.4. The van der Waals surface area contributed by atoms with Crippen LogP contribution in [-0.2, 0) is 12.6 Å². The highest BCUT2D eigenvalue weighted by Gasteiger charge is 2.34. The Morgan fingerprint density at radius 2 is 1.61 bits per heavy atom. The number of nitrogens with zero attached hydrogens (tertiary/aromatic N) is 4. The van der Waals surface area contributed by atoms with E-state index in [2.05, 4.69) is 39.5 Å². The van der Waals surface area contributed by atoms with Crippen LogP contribution in [0.4, 0.5) is 19.1 Å². The van der Waals surface area contributed by atoms with E-state index in [1.807, 2.05) is 6.07 Å². The molecule has 9 heteroatoms. The molecular formula is C32H34F3N5O. The maximum atomic E-state index is 13.9. The molecule has 2 aliphatic rings. The summed E-state index contributed by atoms with van der Waals surface area (Å²) in [5, 5.41) is 4.13. The van der Waals surface area contributed by atoms with E-state index in [4.69, 9.17) is 4.98 Å². The molecule has 1 saturated carbocycles. The Hall–Kier alpha value is -3.72. The van der Waals surface area contributed by atoms with Crippen molar-refractivity contribution in [3.63, 3.8) is 0 Å². The Bertz CT molecular complexity index is 1560. The van der Waals surface area contributed by atoms with E-state index in [1.54, 1.807) is 16.8 Å². The summed E-state index contributed by atoms with van der Waals surface area (Å²) in [7, 11) is 0. The van der Waals surface area contributed by atoms with Crippen LogP contribution in [0.25, 0.3) is 22.2 Å². The van der Waals surface area contributed by atoms with Gasteiger partial charge < -0.3 is 10.2 Å². The zero-order chi connectivity index (χ0) is 28.4. The zero-order valence-corrected chi connectivity index (χ0v) is 22.9. The molecule has 214 valence electrons. The van der Waals surface area contributed by atoms with Crippen molar-refractivity contribution < 1.29 is 13.2 Å². The first-order chi connectivity index (χ1) is 19.9. The molecule has 2 aromatic heterocycles. The lowest BCUT2D eigenvalue weighted by molar-refractivity contribution is -0.137. The number of rotatable bonds is 7. The molecule has 2 aromatic carbocycles. The van der Waals surface area contributed by atoms with Gasteiger partial charge in [0, 0.05) is 48.4 Å². The van der Waals surface area contributed by atoms with Crippen molar-refractivity contribution in [2.45, 2.75) is 63.2 Å². The van der Waals surface area contributed by atoms with Crippen LogP contribution < -0.4 is 15.8 Å². The summed E-state index contributed by atoms with van der Waals surface area (Å²) in [4.78, 5) is 25.1. The van der Waals surface area contributed by atoms with Crippen LogP contribution in [0, 0.1) is 0 Å². The highest BCUT2D eigenvalue weighted by Crippen LogP contribution is 2.40. The molecule has 6 rings (SSSR count). The first-order valence-corrected chi connectivity index (χ1v) is 14.5. The summed E-state index contributed by atoms with van der Waals surface area (Å²) in [5.41, 5.74) is 0.837. The fourth-order valence-corrected chi connectivity index (χ4v) is 6.32. The second-order valence-corrected chi connectivity index (χ2v) is 11.1. The molecule has 2 fully saturated rings. The van der Waals surface area contributed by atoms with Crippen LogP contribution in [0.15, 0.2) is 71.7 Å². The predicted molar refractivity (Wildman–Crippen MR) is 155 cm³/mol. The minimum Gasteiger partial charge on any atom is -0.341 e. The summed E-state index contributed by atoms with van der Waals surface area (Å²) < 4.78 is 43.5. The van der Waals surface area contributed by atoms with Crippen LogP contribution in [0.3, 0.4) is 0 Å². The molecule has 6 nitrogen and oxygen atoms in total. The Balaban J connectivity index is 1.29. The maximum Gasteiger partial charge on any atom is 0.417 e. The van der Waals surface area contributed by atoms with E-state index in [9.17, 15) is 18.0 Å². The lowest BCUT2D eigenvalue weighted by atomic mass is 9.97. The monoisotopic (exact) mass is 561 g/mol. The lowest BCUT2D eigenvalue weighted by Crippen LogP contribution is -2.43. The Morgan fingerprint density at radius 3 is 2.34 bits per heavy atom. The predicted octanol–water partition coefficient (Wildman–Crippen LogP) is 6.39. The van der Waals surface area contributed by atoms with Gasteiger partial charge in [0.25, 0.3) is 5.56 Å². The first-order valence-electron chi connectivity index (χ1n) is 14.5. The number of pyridine rings is 1. The standard InChI is InChI=1S/C32H34F3N5O/c33-32(34,35)28-13-7-6-12-25(28)26-20-29(41)40(24-10-4-5-11-24)30-27(26)21-37-31(38-30)39-18-15-23(16-19-39)36-17-14-22-8-2-1-3-9-22/h1-3,6-9,12-13,20-21,23-24,36H,4-5,10-11,14-19H2. The van der Waals surface area contributed by atoms with Gasteiger partial charge in [-0.05, 0) is 55.8 Å². The Labute approximate surface area is 237 Å². The van der Waals surface area contributed by atoms with Gasteiger partial charge in [0.05, 0.1) is 5.56 Å². The molecule has 0 bridgehead atoms. The second kappa shape index (κ2) is 11.6. The van der Waals surface area contributed by atoms with Gasteiger partial charge in [0.15, 0.2) is 0 Å². The largest absolute Gasteiger partial charge is 0.417 e. The smallest absolute Gasteiger partial charge is 0.341 e. The molecular weight excluding hydrogens is 527 g/mol. The van der Waals surface area contributed by atoms with Crippen LogP contribution >= 0.6 is 0 Å². The van der Waals surface area contributed by atoms with E-state index in [0.717, 1.165) is 70.6 Å². The summed E-state index contributed by atoms with van der Waals surface area (Å²) in [6.07, 6.45) is 3.64. The summed E-state index contributed by atoms with van der Waals surface area (Å²) >= 11 is 0. The highest BCUT2D eigenvalue weighted by molar-refractivity contribution is 5.93. The van der Waals surface area contributed by atoms with E-state index >= 15 is 0 Å². The number of halogens is 3. The van der Waals surface area contributed by atoms with Gasteiger partial charge in [-0.15, -0.1) is 0 Å². The quantitative estimate of drug-likeness (QED) is 0.283. The van der Waals surface area contributed by atoms with Crippen LogP contribution in [0.5, 0.6) is 0 Å². The molecule has 1 aliphatic heterocycles. The molecule has 3 heterocycles. The fourth-order valence-electron chi connectivity index (χ4n) is 6.32. The van der Waals surface area contributed by atoms with Gasteiger partial charge in [-0.2, -0.15) is 18.2 Å². The van der Waals surface area contributed by atoms with Gasteiger partial charge in [-0.3, -0.25) is 9.36 Å². The van der Waals surface area contributed by atoms with Crippen molar-refractivity contribution in [3.05, 3.63) is 88.3 Å². The molecule has 0 unspecified atom stereocenters. The molecule has 4 aromatic rings. The van der Waals surface area contributed by atoms with Crippen LogP contribution in [-0.4, -0.2) is 40.2 Å². The average molecular weight is 562 g/mol. The number of benzene rings is 2. The third-order valence-electron chi connectivity index (χ3n) is 8.46. The van der Waals surface area contributed by atoms with Gasteiger partial charge in [-0.1, -0.05) is 61.4 Å². The summed E-state index contributed by atoms with van der Waals surface area (Å²) in [6.45, 7) is 2.44. The molecule has 1 N–H and O–H groups in total. The minimum absolute atomic E-state index is 0.0146.